The molecular formula is C52H34BN3S4. The van der Waals surface area contributed by atoms with Crippen molar-refractivity contribution < 1.29 is 0 Å². The van der Waals surface area contributed by atoms with Crippen LogP contribution >= 0.6 is 46.6 Å². The second-order valence-electron chi connectivity index (χ2n) is 14.8. The van der Waals surface area contributed by atoms with E-state index in [9.17, 15) is 0 Å². The molecule has 284 valence electrons. The molecule has 12 rings (SSSR count). The number of benzene rings is 8. The van der Waals surface area contributed by atoms with Crippen LogP contribution in [0, 0.1) is 0 Å². The highest BCUT2D eigenvalue weighted by Crippen LogP contribution is 2.62. The lowest BCUT2D eigenvalue weighted by Crippen LogP contribution is -2.53. The molecule has 0 atom stereocenters. The summed E-state index contributed by atoms with van der Waals surface area (Å²) in [5.74, 6) is 0. The summed E-state index contributed by atoms with van der Waals surface area (Å²) >= 11 is 7.46. The van der Waals surface area contributed by atoms with E-state index in [0.717, 1.165) is 0 Å². The largest absolute Gasteiger partial charge is 0.306 e. The molecule has 60 heavy (non-hydrogen) atoms. The molecule has 0 amide bonds. The van der Waals surface area contributed by atoms with Crippen LogP contribution in [0.4, 0.5) is 49.8 Å². The van der Waals surface area contributed by atoms with Crippen LogP contribution in [0.25, 0.3) is 0 Å². The van der Waals surface area contributed by atoms with Crippen molar-refractivity contribution >= 4 is 120 Å². The first-order chi connectivity index (χ1) is 29.8. The van der Waals surface area contributed by atoms with Gasteiger partial charge < -0.3 is 4.90 Å². The summed E-state index contributed by atoms with van der Waals surface area (Å²) in [5, 5.41) is 2.36. The van der Waals surface area contributed by atoms with Gasteiger partial charge in [-0.1, -0.05) is 191 Å². The van der Waals surface area contributed by atoms with Gasteiger partial charge >= 0.3 is 0 Å². The van der Waals surface area contributed by atoms with E-state index >= 15 is 0 Å². The molecule has 0 radical (unpaired) electrons. The highest BCUT2D eigenvalue weighted by molar-refractivity contribution is 8.00. The molecule has 3 aliphatic rings. The number of fused-ring (bicyclic) bond motifs is 6. The third-order valence-corrected chi connectivity index (χ3v) is 15.9. The number of hydrogen-bond acceptors (Lipinski definition) is 7. The third-order valence-electron chi connectivity index (χ3n) is 11.4. The number of hydrogen-bond donors (Lipinski definition) is 0. The number of rotatable bonds is 6. The van der Waals surface area contributed by atoms with E-state index in [0.29, 0.717) is 0 Å². The molecule has 0 saturated carbocycles. The Morgan fingerprint density at radius 2 is 0.567 bits per heavy atom. The summed E-state index contributed by atoms with van der Waals surface area (Å²) in [4.78, 5) is 15.1. The van der Waals surface area contributed by atoms with E-state index in [-0.39, 0.29) is 6.71 Å². The van der Waals surface area contributed by atoms with Crippen LogP contribution in [0.5, 0.6) is 0 Å². The SMILES string of the molecule is c1ccc(B(c2ccccc2)c2c(N3c4ccccc4Sc4ccccc43)sc(N3c4ccccc4Sc4ccccc43)c2N2c3ccccc3Sc3ccccc32)cc1. The van der Waals surface area contributed by atoms with Gasteiger partial charge in [0.05, 0.1) is 44.8 Å². The Kier molecular flexibility index (Phi) is 8.91. The minimum Gasteiger partial charge on any atom is -0.306 e. The van der Waals surface area contributed by atoms with Crippen molar-refractivity contribution in [1.82, 2.24) is 0 Å². The van der Waals surface area contributed by atoms with E-state index in [1.54, 1.807) is 0 Å². The fraction of sp³-hybridized carbons (Fsp3) is 0. The van der Waals surface area contributed by atoms with Gasteiger partial charge in [-0.25, -0.2) is 0 Å². The molecule has 0 fully saturated rings. The Labute approximate surface area is 367 Å². The van der Waals surface area contributed by atoms with Crippen LogP contribution in [0.3, 0.4) is 0 Å². The topological polar surface area (TPSA) is 9.72 Å². The average Bonchev–Trinajstić information content (AvgIpc) is 3.67. The first-order valence-corrected chi connectivity index (χ1v) is 23.3. The van der Waals surface area contributed by atoms with E-state index in [2.05, 4.69) is 221 Å². The Morgan fingerprint density at radius 1 is 0.283 bits per heavy atom. The molecule has 0 unspecified atom stereocenters. The molecule has 0 spiro atoms. The number of anilines is 9. The fourth-order valence-corrected chi connectivity index (χ4v) is 13.4. The van der Waals surface area contributed by atoms with Gasteiger partial charge in [0.25, 0.3) is 0 Å². The quantitative estimate of drug-likeness (QED) is 0.153. The van der Waals surface area contributed by atoms with Gasteiger partial charge in [0, 0.05) is 29.4 Å². The molecule has 0 N–H and O–H groups in total. The number of para-hydroxylation sites is 6. The fourth-order valence-electron chi connectivity index (χ4n) is 8.81. The third kappa shape index (κ3) is 5.85. The molecule has 9 aromatic rings. The predicted octanol–water partition coefficient (Wildman–Crippen LogP) is 14.1. The van der Waals surface area contributed by atoms with Gasteiger partial charge in [0.1, 0.15) is 5.00 Å². The molecule has 0 bridgehead atoms. The van der Waals surface area contributed by atoms with Gasteiger partial charge in [0.2, 0.25) is 6.71 Å². The molecule has 4 heterocycles. The maximum absolute atomic E-state index is 2.59. The maximum Gasteiger partial charge on any atom is 0.247 e. The smallest absolute Gasteiger partial charge is 0.247 e. The van der Waals surface area contributed by atoms with Crippen molar-refractivity contribution in [2.75, 3.05) is 14.7 Å². The van der Waals surface area contributed by atoms with E-state index in [1.165, 1.54) is 95.6 Å². The molecule has 8 aromatic carbocycles. The van der Waals surface area contributed by atoms with E-state index in [1.807, 2.05) is 46.6 Å². The Bertz CT molecular complexity index is 2900. The molecule has 3 aliphatic heterocycles. The summed E-state index contributed by atoms with van der Waals surface area (Å²) in [6.07, 6.45) is 0. The van der Waals surface area contributed by atoms with Gasteiger partial charge in [-0.15, -0.1) is 0 Å². The van der Waals surface area contributed by atoms with Gasteiger partial charge in [-0.05, 0) is 78.3 Å². The van der Waals surface area contributed by atoms with Crippen molar-refractivity contribution in [3.05, 3.63) is 206 Å². The van der Waals surface area contributed by atoms with Gasteiger partial charge in [-0.3, -0.25) is 9.80 Å². The first kappa shape index (κ1) is 35.9. The average molecular weight is 840 g/mol. The van der Waals surface area contributed by atoms with Crippen molar-refractivity contribution in [3.63, 3.8) is 0 Å². The maximum atomic E-state index is 2.59. The standard InChI is InChI=1S/C52H34BN3S4/c1-3-19-35(20-4-1)53(36-21-5-2-6-22-36)49-50(54-37-23-7-13-29-43(37)57-44-30-14-8-24-38(44)54)52(56-41-27-11-17-33-47(41)59-48-34-18-12-28-42(48)56)60-51(49)55-39-25-9-15-31-45(39)58-46-32-16-10-26-40(46)55/h1-34H. The number of thiophene rings is 1. The van der Waals surface area contributed by atoms with Crippen molar-refractivity contribution in [2.24, 2.45) is 0 Å². The second kappa shape index (κ2) is 14.9. The van der Waals surface area contributed by atoms with Crippen LogP contribution in [-0.2, 0) is 0 Å². The van der Waals surface area contributed by atoms with Crippen molar-refractivity contribution in [2.45, 2.75) is 29.4 Å². The zero-order valence-corrected chi connectivity index (χ0v) is 35.4. The lowest BCUT2D eigenvalue weighted by molar-refractivity contribution is 1.14. The zero-order chi connectivity index (χ0) is 39.6. The highest BCUT2D eigenvalue weighted by atomic mass is 32.2. The first-order valence-electron chi connectivity index (χ1n) is 20.0. The summed E-state index contributed by atoms with van der Waals surface area (Å²) in [5.41, 5.74) is 12.0. The Morgan fingerprint density at radius 3 is 0.917 bits per heavy atom. The molecule has 1 aromatic heterocycles. The Hall–Kier alpha value is -6.03. The van der Waals surface area contributed by atoms with Crippen LogP contribution in [-0.4, -0.2) is 6.71 Å². The van der Waals surface area contributed by atoms with Gasteiger partial charge in [0.15, 0.2) is 0 Å². The van der Waals surface area contributed by atoms with Gasteiger partial charge in [-0.2, -0.15) is 0 Å². The zero-order valence-electron chi connectivity index (χ0n) is 32.2. The van der Waals surface area contributed by atoms with E-state index in [4.69, 9.17) is 0 Å². The summed E-state index contributed by atoms with van der Waals surface area (Å²) < 4.78 is 0. The lowest BCUT2D eigenvalue weighted by atomic mass is 9.36. The highest BCUT2D eigenvalue weighted by Gasteiger charge is 2.42. The summed E-state index contributed by atoms with van der Waals surface area (Å²) in [6.45, 7) is -0.130. The summed E-state index contributed by atoms with van der Waals surface area (Å²) in [7, 11) is 0. The molecular weight excluding hydrogens is 806 g/mol. The van der Waals surface area contributed by atoms with E-state index < -0.39 is 0 Å². The summed E-state index contributed by atoms with van der Waals surface area (Å²) in [6, 6.07) is 75.8. The minimum atomic E-state index is -0.130. The monoisotopic (exact) mass is 839 g/mol. The molecule has 3 nitrogen and oxygen atoms in total. The molecule has 0 saturated heterocycles. The van der Waals surface area contributed by atoms with Crippen LogP contribution < -0.4 is 31.1 Å². The van der Waals surface area contributed by atoms with Crippen LogP contribution in [0.15, 0.2) is 236 Å². The second-order valence-corrected chi connectivity index (χ2v) is 19.1. The minimum absolute atomic E-state index is 0.130. The number of nitrogens with zero attached hydrogens (tertiary/aromatic N) is 3. The van der Waals surface area contributed by atoms with Crippen LogP contribution in [0.1, 0.15) is 0 Å². The molecule has 8 heteroatoms. The lowest BCUT2D eigenvalue weighted by Gasteiger charge is -2.38. The Balaban J connectivity index is 1.29. The van der Waals surface area contributed by atoms with Crippen molar-refractivity contribution in [3.8, 4) is 0 Å². The molecule has 0 aliphatic carbocycles. The van der Waals surface area contributed by atoms with Crippen LogP contribution in [0.2, 0.25) is 0 Å². The normalized spacial score (nSPS) is 13.4. The predicted molar refractivity (Wildman–Crippen MR) is 258 cm³/mol. The van der Waals surface area contributed by atoms with Crippen molar-refractivity contribution in [1.29, 1.82) is 0 Å².